The molecule has 0 aliphatic carbocycles. The third-order valence-electron chi connectivity index (χ3n) is 2.93. The lowest BCUT2D eigenvalue weighted by Gasteiger charge is -2.03. The number of esters is 2. The van der Waals surface area contributed by atoms with Crippen molar-refractivity contribution in [3.63, 3.8) is 0 Å². The van der Waals surface area contributed by atoms with E-state index in [1.165, 1.54) is 0 Å². The predicted molar refractivity (Wildman–Crippen MR) is 119 cm³/mol. The normalized spacial score (nSPS) is 9.07. The zero-order chi connectivity index (χ0) is 20.8. The summed E-state index contributed by atoms with van der Waals surface area (Å²) in [6.45, 7) is 4.31. The SMILES string of the molecule is BrBr.CCOC(=O)c1ccc(N)c(Br)c1.CCOC(=O)c1ccc(N)cc1. The van der Waals surface area contributed by atoms with E-state index in [1.807, 2.05) is 0 Å². The highest BCUT2D eigenvalue weighted by molar-refractivity contribution is 9.93. The number of ether oxygens (including phenoxy) is 2. The van der Waals surface area contributed by atoms with Crippen LogP contribution in [0.5, 0.6) is 0 Å². The van der Waals surface area contributed by atoms with E-state index in [2.05, 4.69) is 44.2 Å². The fourth-order valence-corrected chi connectivity index (χ4v) is 2.08. The fraction of sp³-hybridized carbons (Fsp3) is 0.222. The van der Waals surface area contributed by atoms with Gasteiger partial charge < -0.3 is 20.9 Å². The van der Waals surface area contributed by atoms with Crippen LogP contribution < -0.4 is 11.5 Å². The monoisotopic (exact) mass is 566 g/mol. The molecule has 0 aliphatic heterocycles. The summed E-state index contributed by atoms with van der Waals surface area (Å²) in [5.41, 5.74) is 13.3. The minimum absolute atomic E-state index is 0.308. The van der Waals surface area contributed by atoms with Crippen molar-refractivity contribution >= 4 is 67.5 Å². The first-order chi connectivity index (χ1) is 12.9. The molecule has 0 aliphatic rings. The first-order valence-corrected chi connectivity index (χ1v) is 12.3. The van der Waals surface area contributed by atoms with E-state index in [-0.39, 0.29) is 11.9 Å². The zero-order valence-electron chi connectivity index (χ0n) is 14.9. The maximum atomic E-state index is 11.2. The second kappa shape index (κ2) is 14.5. The molecule has 148 valence electrons. The quantitative estimate of drug-likeness (QED) is 0.381. The fourth-order valence-electron chi connectivity index (χ4n) is 1.70. The molecule has 0 atom stereocenters. The van der Waals surface area contributed by atoms with Gasteiger partial charge in [-0.2, -0.15) is 0 Å². The summed E-state index contributed by atoms with van der Waals surface area (Å²) in [6, 6.07) is 11.6. The largest absolute Gasteiger partial charge is 0.462 e. The Hall–Kier alpha value is -1.58. The van der Waals surface area contributed by atoms with Crippen LogP contribution in [0.15, 0.2) is 46.9 Å². The van der Waals surface area contributed by atoms with Crippen molar-refractivity contribution < 1.29 is 19.1 Å². The van der Waals surface area contributed by atoms with E-state index < -0.39 is 0 Å². The summed E-state index contributed by atoms with van der Waals surface area (Å²) in [7, 11) is 0. The summed E-state index contributed by atoms with van der Waals surface area (Å²) < 4.78 is 10.3. The molecule has 4 N–H and O–H groups in total. The van der Waals surface area contributed by atoms with Gasteiger partial charge in [0.2, 0.25) is 0 Å². The van der Waals surface area contributed by atoms with E-state index in [1.54, 1.807) is 56.3 Å². The summed E-state index contributed by atoms with van der Waals surface area (Å²) in [6.07, 6.45) is 0. The molecular weight excluding hydrogens is 548 g/mol. The van der Waals surface area contributed by atoms with Crippen molar-refractivity contribution in [1.29, 1.82) is 0 Å². The Labute approximate surface area is 182 Å². The standard InChI is InChI=1S/C9H10BrNO2.C9H11NO2.Br2/c1-2-13-9(12)6-3-4-8(11)7(10)5-6;1-2-12-9(11)7-3-5-8(10)6-4-7;1-2/h3-5H,2,11H2,1H3;3-6H,2,10H2,1H3;. The summed E-state index contributed by atoms with van der Waals surface area (Å²) >= 11 is 8.73. The van der Waals surface area contributed by atoms with Crippen molar-refractivity contribution in [2.45, 2.75) is 13.8 Å². The number of hydrogen-bond acceptors (Lipinski definition) is 6. The van der Waals surface area contributed by atoms with E-state index in [4.69, 9.17) is 20.9 Å². The zero-order valence-corrected chi connectivity index (χ0v) is 19.6. The highest BCUT2D eigenvalue weighted by Crippen LogP contribution is 2.20. The maximum absolute atomic E-state index is 11.2. The topological polar surface area (TPSA) is 105 Å². The van der Waals surface area contributed by atoms with Crippen LogP contribution in [0, 0.1) is 0 Å². The van der Waals surface area contributed by atoms with E-state index >= 15 is 0 Å². The highest BCUT2D eigenvalue weighted by atomic mass is 80.9. The number of nitrogens with two attached hydrogens (primary N) is 2. The van der Waals surface area contributed by atoms with Crippen molar-refractivity contribution in [3.05, 3.63) is 58.1 Å². The molecule has 2 rings (SSSR count). The van der Waals surface area contributed by atoms with Gasteiger partial charge in [-0.25, -0.2) is 9.59 Å². The van der Waals surface area contributed by atoms with Crippen molar-refractivity contribution in [1.82, 2.24) is 0 Å². The predicted octanol–water partition coefficient (Wildman–Crippen LogP) is 5.34. The molecule has 9 heteroatoms. The molecule has 6 nitrogen and oxygen atoms in total. The smallest absolute Gasteiger partial charge is 0.338 e. The van der Waals surface area contributed by atoms with Crippen LogP contribution in [0.4, 0.5) is 11.4 Å². The van der Waals surface area contributed by atoms with Gasteiger partial charge in [-0.1, -0.05) is 0 Å². The van der Waals surface area contributed by atoms with Crippen LogP contribution in [-0.4, -0.2) is 25.2 Å². The molecule has 0 radical (unpaired) electrons. The Morgan fingerprint density at radius 1 is 0.852 bits per heavy atom. The molecule has 0 bridgehead atoms. The van der Waals surface area contributed by atoms with Crippen molar-refractivity contribution in [3.8, 4) is 0 Å². The van der Waals surface area contributed by atoms with Crippen LogP contribution in [0.1, 0.15) is 34.6 Å². The average molecular weight is 569 g/mol. The van der Waals surface area contributed by atoms with Gasteiger partial charge in [0.15, 0.2) is 0 Å². The molecule has 27 heavy (non-hydrogen) atoms. The van der Waals surface area contributed by atoms with E-state index in [0.29, 0.717) is 40.2 Å². The van der Waals surface area contributed by atoms with E-state index in [9.17, 15) is 9.59 Å². The molecule has 0 heterocycles. The van der Waals surface area contributed by atoms with Gasteiger partial charge in [0, 0.05) is 44.1 Å². The number of carbonyl (C=O) groups is 2. The van der Waals surface area contributed by atoms with Gasteiger partial charge in [-0.15, -0.1) is 0 Å². The van der Waals surface area contributed by atoms with Crippen molar-refractivity contribution in [2.24, 2.45) is 0 Å². The molecule has 0 saturated carbocycles. The van der Waals surface area contributed by atoms with E-state index in [0.717, 1.165) is 0 Å². The van der Waals surface area contributed by atoms with Gasteiger partial charge >= 0.3 is 11.9 Å². The number of rotatable bonds is 4. The Morgan fingerprint density at radius 2 is 1.30 bits per heavy atom. The van der Waals surface area contributed by atoms with Crippen LogP contribution in [0.3, 0.4) is 0 Å². The van der Waals surface area contributed by atoms with Crippen LogP contribution in [-0.2, 0) is 9.47 Å². The molecule has 0 spiro atoms. The number of carbonyl (C=O) groups excluding carboxylic acids is 2. The molecule has 0 saturated heterocycles. The molecule has 0 amide bonds. The van der Waals surface area contributed by atoms with Crippen LogP contribution >= 0.6 is 44.2 Å². The van der Waals surface area contributed by atoms with Crippen molar-refractivity contribution in [2.75, 3.05) is 24.7 Å². The Morgan fingerprint density at radius 3 is 1.74 bits per heavy atom. The number of halogens is 3. The van der Waals surface area contributed by atoms with Gasteiger partial charge in [0.25, 0.3) is 0 Å². The second-order valence-electron chi connectivity index (χ2n) is 4.80. The summed E-state index contributed by atoms with van der Waals surface area (Å²) in [5.74, 6) is -0.638. The summed E-state index contributed by atoms with van der Waals surface area (Å²) in [5, 5.41) is 0. The van der Waals surface area contributed by atoms with Gasteiger partial charge in [-0.05, 0) is 72.2 Å². The lowest BCUT2D eigenvalue weighted by Crippen LogP contribution is -2.04. The van der Waals surface area contributed by atoms with Gasteiger partial charge in [0.05, 0.1) is 24.3 Å². The Bertz CT molecular complexity index is 725. The molecule has 0 fully saturated rings. The minimum atomic E-state index is -0.330. The average Bonchev–Trinajstić information content (AvgIpc) is 2.67. The minimum Gasteiger partial charge on any atom is -0.462 e. The number of nitrogen functional groups attached to an aromatic ring is 2. The molecular formula is C18H21Br3N2O4. The lowest BCUT2D eigenvalue weighted by molar-refractivity contribution is 0.0516. The maximum Gasteiger partial charge on any atom is 0.338 e. The third kappa shape index (κ3) is 9.78. The Balaban J connectivity index is 0.000000460. The van der Waals surface area contributed by atoms with Crippen LogP contribution in [0.2, 0.25) is 0 Å². The third-order valence-corrected chi connectivity index (χ3v) is 3.62. The number of anilines is 2. The van der Waals surface area contributed by atoms with Gasteiger partial charge in [-0.3, -0.25) is 0 Å². The molecule has 0 aromatic heterocycles. The molecule has 2 aromatic rings. The molecule has 0 unspecified atom stereocenters. The first-order valence-electron chi connectivity index (χ1n) is 7.78. The highest BCUT2D eigenvalue weighted by Gasteiger charge is 2.07. The first kappa shape index (κ1) is 25.4. The summed E-state index contributed by atoms with van der Waals surface area (Å²) in [4.78, 5) is 22.3. The lowest BCUT2D eigenvalue weighted by atomic mass is 10.2. The molecule has 2 aromatic carbocycles. The Kier molecular flexibility index (Phi) is 13.6. The van der Waals surface area contributed by atoms with Gasteiger partial charge in [0.1, 0.15) is 0 Å². The number of hydrogen-bond donors (Lipinski definition) is 2. The number of benzene rings is 2. The second-order valence-corrected chi connectivity index (χ2v) is 5.65. The van der Waals surface area contributed by atoms with Crippen LogP contribution in [0.25, 0.3) is 0 Å².